The maximum absolute atomic E-state index is 11.9. The Labute approximate surface area is 106 Å². The smallest absolute Gasteiger partial charge is 0.249 e. The lowest BCUT2D eigenvalue weighted by Crippen LogP contribution is -2.26. The molecule has 0 amide bonds. The number of nitrogen functional groups attached to an aromatic ring is 1. The Hall–Kier alpha value is -1.94. The van der Waals surface area contributed by atoms with E-state index in [9.17, 15) is 8.42 Å². The van der Waals surface area contributed by atoms with Gasteiger partial charge in [0.15, 0.2) is 5.25 Å². The van der Waals surface area contributed by atoms with Crippen molar-refractivity contribution in [2.45, 2.75) is 18.6 Å². The maximum atomic E-state index is 11.9. The lowest BCUT2D eigenvalue weighted by atomic mass is 10.2. The molecule has 3 N–H and O–H groups in total. The zero-order valence-corrected chi connectivity index (χ0v) is 11.0. The summed E-state index contributed by atoms with van der Waals surface area (Å²) in [5.41, 5.74) is 6.29. The summed E-state index contributed by atoms with van der Waals surface area (Å²) < 4.78 is 31.2. The van der Waals surface area contributed by atoms with Crippen LogP contribution in [0.1, 0.15) is 13.3 Å². The van der Waals surface area contributed by atoms with Crippen LogP contribution in [0.25, 0.3) is 0 Å². The highest BCUT2D eigenvalue weighted by molar-refractivity contribution is 7.93. The second-order valence-corrected chi connectivity index (χ2v) is 5.50. The van der Waals surface area contributed by atoms with Gasteiger partial charge in [-0.05, 0) is 18.6 Å². The summed E-state index contributed by atoms with van der Waals surface area (Å²) in [7, 11) is -2.34. The average Bonchev–Trinajstić information content (AvgIpc) is 2.32. The Morgan fingerprint density at radius 2 is 2.22 bits per heavy atom. The molecule has 1 rings (SSSR count). The Balaban J connectivity index is 3.09. The first-order valence-electron chi connectivity index (χ1n) is 5.29. The second kappa shape index (κ2) is 5.60. The largest absolute Gasteiger partial charge is 0.494 e. The molecule has 0 aliphatic rings. The van der Waals surface area contributed by atoms with Crippen molar-refractivity contribution < 1.29 is 13.2 Å². The van der Waals surface area contributed by atoms with Crippen molar-refractivity contribution in [2.75, 3.05) is 17.6 Å². The number of nitrogens with zero attached hydrogens (tertiary/aromatic N) is 1. The van der Waals surface area contributed by atoms with Crippen LogP contribution >= 0.6 is 0 Å². The van der Waals surface area contributed by atoms with Gasteiger partial charge in [-0.15, -0.1) is 0 Å². The van der Waals surface area contributed by atoms with E-state index < -0.39 is 15.3 Å². The molecule has 1 aromatic carbocycles. The molecule has 1 unspecified atom stereocenters. The van der Waals surface area contributed by atoms with E-state index in [1.54, 1.807) is 19.1 Å². The van der Waals surface area contributed by atoms with Crippen LogP contribution in [0.2, 0.25) is 0 Å². The third kappa shape index (κ3) is 3.05. The lowest BCUT2D eigenvalue weighted by molar-refractivity contribution is 0.417. The lowest BCUT2D eigenvalue weighted by Gasteiger charge is -2.14. The Morgan fingerprint density at radius 1 is 1.56 bits per heavy atom. The van der Waals surface area contributed by atoms with Crippen LogP contribution < -0.4 is 15.2 Å². The third-order valence-corrected chi connectivity index (χ3v) is 4.06. The minimum atomic E-state index is -3.75. The first-order valence-corrected chi connectivity index (χ1v) is 6.84. The fourth-order valence-corrected chi connectivity index (χ4v) is 2.59. The average molecular weight is 269 g/mol. The van der Waals surface area contributed by atoms with Gasteiger partial charge in [-0.3, -0.25) is 4.72 Å². The molecule has 1 atom stereocenters. The number of methoxy groups -OCH3 is 1. The molecule has 0 saturated carbocycles. The second-order valence-electron chi connectivity index (χ2n) is 3.63. The zero-order valence-electron chi connectivity index (χ0n) is 10.2. The van der Waals surface area contributed by atoms with Crippen LogP contribution in [0.3, 0.4) is 0 Å². The Bertz CT molecular complexity index is 563. The van der Waals surface area contributed by atoms with Crippen LogP contribution in [0.15, 0.2) is 18.2 Å². The number of nitrogens with two attached hydrogens (primary N) is 1. The summed E-state index contributed by atoms with van der Waals surface area (Å²) in [6, 6.07) is 6.30. The van der Waals surface area contributed by atoms with Gasteiger partial charge >= 0.3 is 0 Å². The molecule has 6 nitrogen and oxygen atoms in total. The van der Waals surface area contributed by atoms with Crippen molar-refractivity contribution in [3.05, 3.63) is 18.2 Å². The first kappa shape index (κ1) is 14.1. The normalized spacial score (nSPS) is 12.5. The highest BCUT2D eigenvalue weighted by Gasteiger charge is 2.24. The van der Waals surface area contributed by atoms with Crippen molar-refractivity contribution >= 4 is 21.4 Å². The molecule has 0 heterocycles. The molecular weight excluding hydrogens is 254 g/mol. The van der Waals surface area contributed by atoms with E-state index in [2.05, 4.69) is 4.72 Å². The molecule has 1 aromatic rings. The van der Waals surface area contributed by atoms with Gasteiger partial charge in [-0.25, -0.2) is 8.42 Å². The molecule has 0 aliphatic heterocycles. The monoisotopic (exact) mass is 269 g/mol. The predicted octanol–water partition coefficient (Wildman–Crippen LogP) is 1.32. The number of hydrogen-bond donors (Lipinski definition) is 2. The first-order chi connectivity index (χ1) is 8.44. The number of nitrogens with one attached hydrogen (secondary N) is 1. The molecule has 7 heteroatoms. The Kier molecular flexibility index (Phi) is 4.39. The molecule has 0 radical (unpaired) electrons. The van der Waals surface area contributed by atoms with Crippen LogP contribution in [0.5, 0.6) is 5.75 Å². The van der Waals surface area contributed by atoms with Crippen molar-refractivity contribution in [3.8, 4) is 11.8 Å². The van der Waals surface area contributed by atoms with E-state index in [0.717, 1.165) is 0 Å². The predicted molar refractivity (Wildman–Crippen MR) is 69.6 cm³/mol. The molecule has 0 fully saturated rings. The van der Waals surface area contributed by atoms with Crippen LogP contribution in [0.4, 0.5) is 11.4 Å². The standard InChI is InChI=1S/C11H15N3O3S/c1-3-9(7-12)18(15,16)14-10-5-4-8(13)6-11(10)17-2/h4-6,9,14H,3,13H2,1-2H3. The summed E-state index contributed by atoms with van der Waals surface area (Å²) >= 11 is 0. The molecule has 0 spiro atoms. The minimum absolute atomic E-state index is 0.211. The van der Waals surface area contributed by atoms with E-state index in [1.807, 2.05) is 0 Å². The van der Waals surface area contributed by atoms with Crippen LogP contribution in [-0.4, -0.2) is 20.8 Å². The summed E-state index contributed by atoms with van der Waals surface area (Å²) in [4.78, 5) is 0. The number of benzene rings is 1. The van der Waals surface area contributed by atoms with E-state index in [4.69, 9.17) is 15.7 Å². The van der Waals surface area contributed by atoms with Crippen molar-refractivity contribution in [3.63, 3.8) is 0 Å². The molecule has 0 aromatic heterocycles. The molecular formula is C11H15N3O3S. The number of hydrogen-bond acceptors (Lipinski definition) is 5. The van der Waals surface area contributed by atoms with Gasteiger partial charge in [0, 0.05) is 11.8 Å². The fraction of sp³-hybridized carbons (Fsp3) is 0.364. The highest BCUT2D eigenvalue weighted by Crippen LogP contribution is 2.28. The van der Waals surface area contributed by atoms with Gasteiger partial charge in [0.2, 0.25) is 10.0 Å². The fourth-order valence-electron chi connectivity index (χ4n) is 1.40. The van der Waals surface area contributed by atoms with E-state index in [1.165, 1.54) is 19.2 Å². The SMILES string of the molecule is CCC(C#N)S(=O)(=O)Nc1ccc(N)cc1OC. The van der Waals surface area contributed by atoms with E-state index >= 15 is 0 Å². The van der Waals surface area contributed by atoms with Gasteiger partial charge in [0.25, 0.3) is 0 Å². The van der Waals surface area contributed by atoms with Gasteiger partial charge in [0.1, 0.15) is 5.75 Å². The summed E-state index contributed by atoms with van der Waals surface area (Å²) in [5.74, 6) is 0.311. The van der Waals surface area contributed by atoms with Gasteiger partial charge in [0.05, 0.1) is 18.9 Å². The summed E-state index contributed by atoms with van der Waals surface area (Å²) in [6.07, 6.45) is 0.211. The number of nitriles is 1. The third-order valence-electron chi connectivity index (χ3n) is 2.37. The quantitative estimate of drug-likeness (QED) is 0.784. The molecule has 18 heavy (non-hydrogen) atoms. The molecule has 0 aliphatic carbocycles. The van der Waals surface area contributed by atoms with Crippen LogP contribution in [0, 0.1) is 11.3 Å². The number of sulfonamides is 1. The number of anilines is 2. The minimum Gasteiger partial charge on any atom is -0.494 e. The Morgan fingerprint density at radius 3 is 2.72 bits per heavy atom. The van der Waals surface area contributed by atoms with Crippen LogP contribution in [-0.2, 0) is 10.0 Å². The summed E-state index contributed by atoms with van der Waals surface area (Å²) in [5, 5.41) is 7.69. The number of ether oxygens (including phenoxy) is 1. The van der Waals surface area contributed by atoms with Crippen molar-refractivity contribution in [2.24, 2.45) is 0 Å². The van der Waals surface area contributed by atoms with E-state index in [0.29, 0.717) is 11.4 Å². The maximum Gasteiger partial charge on any atom is 0.249 e. The van der Waals surface area contributed by atoms with Gasteiger partial charge in [-0.2, -0.15) is 5.26 Å². The molecule has 0 bridgehead atoms. The topological polar surface area (TPSA) is 105 Å². The zero-order chi connectivity index (χ0) is 13.8. The van der Waals surface area contributed by atoms with Crippen molar-refractivity contribution in [1.29, 1.82) is 5.26 Å². The highest BCUT2D eigenvalue weighted by atomic mass is 32.2. The molecule has 98 valence electrons. The number of rotatable bonds is 5. The van der Waals surface area contributed by atoms with Gasteiger partial charge < -0.3 is 10.5 Å². The van der Waals surface area contributed by atoms with E-state index in [-0.39, 0.29) is 12.1 Å². The van der Waals surface area contributed by atoms with Crippen molar-refractivity contribution in [1.82, 2.24) is 0 Å². The van der Waals surface area contributed by atoms with Gasteiger partial charge in [-0.1, -0.05) is 6.92 Å². The summed E-state index contributed by atoms with van der Waals surface area (Å²) in [6.45, 7) is 1.63. The molecule has 0 saturated heterocycles.